The Hall–Kier alpha value is -4.13. The van der Waals surface area contributed by atoms with Gasteiger partial charge in [0.15, 0.2) is 5.60 Å². The Labute approximate surface area is 227 Å². The lowest BCUT2D eigenvalue weighted by Crippen LogP contribution is -2.46. The first kappa shape index (κ1) is 27.4. The summed E-state index contributed by atoms with van der Waals surface area (Å²) >= 11 is 0. The number of nitrogens with zero attached hydrogens (tertiary/aromatic N) is 5. The molecule has 3 aromatic rings. The Morgan fingerprint density at radius 1 is 1.15 bits per heavy atom. The molecule has 1 fully saturated rings. The number of piperazine rings is 1. The summed E-state index contributed by atoms with van der Waals surface area (Å²) in [5, 5.41) is 10.9. The molecule has 0 amide bonds. The number of nitro groups is 1. The molecular weight excluding hydrogens is 534 g/mol. The average molecular weight is 562 g/mol. The fourth-order valence-corrected chi connectivity index (χ4v) is 4.74. The van der Waals surface area contributed by atoms with Gasteiger partial charge in [-0.25, -0.2) is 4.39 Å². The van der Waals surface area contributed by atoms with Gasteiger partial charge in [0.05, 0.1) is 12.1 Å². The third kappa shape index (κ3) is 6.19. The van der Waals surface area contributed by atoms with Crippen molar-refractivity contribution < 1.29 is 32.0 Å². The second-order valence-corrected chi connectivity index (χ2v) is 10.0. The molecule has 0 radical (unpaired) electrons. The molecule has 13 heteroatoms. The van der Waals surface area contributed by atoms with Crippen LogP contribution in [0.2, 0.25) is 0 Å². The first-order valence-electron chi connectivity index (χ1n) is 12.6. The zero-order chi connectivity index (χ0) is 28.5. The van der Waals surface area contributed by atoms with E-state index in [4.69, 9.17) is 9.47 Å². The van der Waals surface area contributed by atoms with E-state index < -0.39 is 28.1 Å². The summed E-state index contributed by atoms with van der Waals surface area (Å²) < 4.78 is 65.5. The predicted molar refractivity (Wildman–Crippen MR) is 139 cm³/mol. The van der Waals surface area contributed by atoms with Crippen molar-refractivity contribution in [2.75, 3.05) is 44.2 Å². The van der Waals surface area contributed by atoms with E-state index in [0.29, 0.717) is 24.4 Å². The van der Waals surface area contributed by atoms with E-state index in [-0.39, 0.29) is 18.4 Å². The van der Waals surface area contributed by atoms with Crippen molar-refractivity contribution in [1.82, 2.24) is 14.5 Å². The average Bonchev–Trinajstić information content (AvgIpc) is 3.44. The SMILES string of the molecule is C[C@]1(COc2ccc(N3CCN(C/C=C/c4ccc(F)c(C(F)(F)F)c4)CC3)cc2)Cn2cc([N+](=O)[O-])nc2O1. The first-order valence-corrected chi connectivity index (χ1v) is 12.6. The number of aromatic nitrogens is 2. The maximum absolute atomic E-state index is 13.5. The summed E-state index contributed by atoms with van der Waals surface area (Å²) in [5.74, 6) is -0.859. The van der Waals surface area contributed by atoms with Crippen molar-refractivity contribution in [3.05, 3.63) is 81.8 Å². The Kier molecular flexibility index (Phi) is 7.41. The van der Waals surface area contributed by atoms with Crippen molar-refractivity contribution in [3.8, 4) is 11.8 Å². The van der Waals surface area contributed by atoms with E-state index in [0.717, 1.165) is 44.0 Å². The number of ether oxygens (including phenoxy) is 2. The molecule has 9 nitrogen and oxygen atoms in total. The van der Waals surface area contributed by atoms with Crippen LogP contribution in [0.5, 0.6) is 11.8 Å². The molecular formula is C27H27F4N5O4. The predicted octanol–water partition coefficient (Wildman–Crippen LogP) is 5.01. The van der Waals surface area contributed by atoms with Gasteiger partial charge in [0, 0.05) is 43.4 Å². The lowest BCUT2D eigenvalue weighted by atomic mass is 10.1. The molecule has 1 saturated heterocycles. The molecule has 2 aliphatic heterocycles. The highest BCUT2D eigenvalue weighted by Gasteiger charge is 2.41. The quantitative estimate of drug-likeness (QED) is 0.217. The molecule has 1 aromatic heterocycles. The number of rotatable bonds is 8. The highest BCUT2D eigenvalue weighted by Crippen LogP contribution is 2.33. The highest BCUT2D eigenvalue weighted by atomic mass is 19.4. The minimum absolute atomic E-state index is 0.203. The van der Waals surface area contributed by atoms with Gasteiger partial charge in [-0.3, -0.25) is 9.47 Å². The van der Waals surface area contributed by atoms with Crippen LogP contribution in [0.15, 0.2) is 54.7 Å². The van der Waals surface area contributed by atoms with Crippen molar-refractivity contribution in [2.45, 2.75) is 25.2 Å². The zero-order valence-electron chi connectivity index (χ0n) is 21.6. The van der Waals surface area contributed by atoms with Gasteiger partial charge < -0.3 is 24.5 Å². The monoisotopic (exact) mass is 561 g/mol. The number of hydrogen-bond donors (Lipinski definition) is 0. The molecule has 1 atom stereocenters. The van der Waals surface area contributed by atoms with Gasteiger partial charge in [-0.2, -0.15) is 13.2 Å². The second kappa shape index (κ2) is 10.8. The van der Waals surface area contributed by atoms with E-state index in [1.165, 1.54) is 12.3 Å². The van der Waals surface area contributed by atoms with E-state index in [1.54, 1.807) is 16.7 Å². The Bertz CT molecular complexity index is 1380. The van der Waals surface area contributed by atoms with E-state index in [1.807, 2.05) is 31.2 Å². The van der Waals surface area contributed by atoms with Crippen molar-refractivity contribution in [3.63, 3.8) is 0 Å². The van der Waals surface area contributed by atoms with Crippen LogP contribution in [-0.2, 0) is 12.7 Å². The Morgan fingerprint density at radius 2 is 1.88 bits per heavy atom. The summed E-state index contributed by atoms with van der Waals surface area (Å²) in [7, 11) is 0. The molecule has 2 aromatic carbocycles. The lowest BCUT2D eigenvalue weighted by molar-refractivity contribution is -0.389. The molecule has 0 bridgehead atoms. The molecule has 0 spiro atoms. The van der Waals surface area contributed by atoms with Gasteiger partial charge in [0.25, 0.3) is 0 Å². The minimum atomic E-state index is -4.73. The van der Waals surface area contributed by atoms with E-state index in [9.17, 15) is 27.7 Å². The Morgan fingerprint density at radius 3 is 2.52 bits per heavy atom. The standard InChI is InChI=1S/C27H27F4N5O4/c1-26(17-35-16-24(36(37)38)32-25(35)40-26)18-39-21-7-5-20(6-8-21)34-13-11-33(12-14-34)10-2-3-19-4-9-23(28)22(15-19)27(29,30)31/h2-9,15-16H,10-14,17-18H2,1H3/b3-2+/t26-/m1/s1. The summed E-state index contributed by atoms with van der Waals surface area (Å²) in [6.07, 6.45) is -0.00798. The van der Waals surface area contributed by atoms with Crippen LogP contribution in [0.25, 0.3) is 6.08 Å². The summed E-state index contributed by atoms with van der Waals surface area (Å²) in [6.45, 7) is 6.19. The summed E-state index contributed by atoms with van der Waals surface area (Å²) in [5.41, 5.74) is -0.609. The number of alkyl halides is 3. The molecule has 0 saturated carbocycles. The van der Waals surface area contributed by atoms with Crippen molar-refractivity contribution in [1.29, 1.82) is 0 Å². The van der Waals surface area contributed by atoms with Crippen LogP contribution in [0, 0.1) is 15.9 Å². The van der Waals surface area contributed by atoms with E-state index in [2.05, 4.69) is 14.8 Å². The summed E-state index contributed by atoms with van der Waals surface area (Å²) in [4.78, 5) is 18.6. The lowest BCUT2D eigenvalue weighted by Gasteiger charge is -2.35. The maximum atomic E-state index is 13.5. The van der Waals surface area contributed by atoms with Gasteiger partial charge in [0.1, 0.15) is 24.4 Å². The topological polar surface area (TPSA) is 85.9 Å². The fraction of sp³-hybridized carbons (Fsp3) is 0.370. The highest BCUT2D eigenvalue weighted by molar-refractivity contribution is 5.52. The number of benzene rings is 2. The van der Waals surface area contributed by atoms with Gasteiger partial charge in [-0.1, -0.05) is 18.2 Å². The number of anilines is 1. The zero-order valence-corrected chi connectivity index (χ0v) is 21.6. The number of imidazole rings is 1. The van der Waals surface area contributed by atoms with Crippen LogP contribution in [0.4, 0.5) is 29.1 Å². The number of fused-ring (bicyclic) bond motifs is 1. The van der Waals surface area contributed by atoms with Gasteiger partial charge >= 0.3 is 18.0 Å². The molecule has 5 rings (SSSR count). The van der Waals surface area contributed by atoms with Crippen LogP contribution in [0.3, 0.4) is 0 Å². The van der Waals surface area contributed by atoms with Gasteiger partial charge in [-0.15, -0.1) is 0 Å². The normalized spacial score (nSPS) is 19.6. The first-order chi connectivity index (χ1) is 19.0. The third-order valence-corrected chi connectivity index (χ3v) is 6.84. The van der Waals surface area contributed by atoms with Crippen LogP contribution >= 0.6 is 0 Å². The van der Waals surface area contributed by atoms with Gasteiger partial charge in [-0.05, 0) is 53.8 Å². The number of halogens is 4. The van der Waals surface area contributed by atoms with Crippen molar-refractivity contribution in [2.24, 2.45) is 0 Å². The summed E-state index contributed by atoms with van der Waals surface area (Å²) in [6, 6.07) is 10.9. The minimum Gasteiger partial charge on any atom is -0.489 e. The second-order valence-electron chi connectivity index (χ2n) is 10.0. The molecule has 212 valence electrons. The maximum Gasteiger partial charge on any atom is 0.419 e. The van der Waals surface area contributed by atoms with Crippen LogP contribution in [-0.4, -0.2) is 64.3 Å². The molecule has 3 heterocycles. The fourth-order valence-electron chi connectivity index (χ4n) is 4.74. The van der Waals surface area contributed by atoms with Crippen LogP contribution in [0.1, 0.15) is 18.1 Å². The third-order valence-electron chi connectivity index (χ3n) is 6.84. The smallest absolute Gasteiger partial charge is 0.419 e. The Balaban J connectivity index is 1.07. The van der Waals surface area contributed by atoms with E-state index >= 15 is 0 Å². The molecule has 40 heavy (non-hydrogen) atoms. The van der Waals surface area contributed by atoms with Crippen molar-refractivity contribution >= 4 is 17.6 Å². The largest absolute Gasteiger partial charge is 0.489 e. The molecule has 0 N–H and O–H groups in total. The number of hydrogen-bond acceptors (Lipinski definition) is 7. The van der Waals surface area contributed by atoms with Gasteiger partial charge in [0.2, 0.25) is 0 Å². The van der Waals surface area contributed by atoms with Crippen LogP contribution < -0.4 is 14.4 Å². The molecule has 0 aliphatic carbocycles. The molecule has 0 unspecified atom stereocenters. The molecule has 2 aliphatic rings.